The normalized spacial score (nSPS) is 19.3. The molecule has 0 spiro atoms. The van der Waals surface area contributed by atoms with E-state index in [4.69, 9.17) is 11.6 Å². The molecule has 0 aliphatic carbocycles. The van der Waals surface area contributed by atoms with Crippen LogP contribution in [0, 0.1) is 5.92 Å². The molecule has 1 aliphatic heterocycles. The monoisotopic (exact) mass is 267 g/mol. The van der Waals surface area contributed by atoms with Crippen molar-refractivity contribution in [2.75, 3.05) is 18.0 Å². The van der Waals surface area contributed by atoms with Gasteiger partial charge in [-0.25, -0.2) is 9.97 Å². The highest BCUT2D eigenvalue weighted by molar-refractivity contribution is 6.20. The van der Waals surface area contributed by atoms with Gasteiger partial charge in [0.15, 0.2) is 0 Å². The molecule has 0 N–H and O–H groups in total. The fourth-order valence-corrected chi connectivity index (χ4v) is 2.69. The Hall–Kier alpha value is -0.830. The van der Waals surface area contributed by atoms with Crippen LogP contribution in [0.25, 0.3) is 0 Å². The van der Waals surface area contributed by atoms with Gasteiger partial charge < -0.3 is 4.90 Å². The number of alkyl halides is 1. The van der Waals surface area contributed by atoms with Gasteiger partial charge in [-0.1, -0.05) is 13.8 Å². The van der Waals surface area contributed by atoms with Crippen LogP contribution in [-0.4, -0.2) is 28.4 Å². The van der Waals surface area contributed by atoms with E-state index < -0.39 is 0 Å². The van der Waals surface area contributed by atoms with E-state index >= 15 is 0 Å². The molecule has 4 heteroatoms. The summed E-state index contributed by atoms with van der Waals surface area (Å²) in [7, 11) is 0. The first-order valence-electron chi connectivity index (χ1n) is 6.79. The van der Waals surface area contributed by atoms with E-state index in [1.165, 1.54) is 0 Å². The number of hydrogen-bond acceptors (Lipinski definition) is 3. The van der Waals surface area contributed by atoms with Crippen LogP contribution in [0.3, 0.4) is 0 Å². The van der Waals surface area contributed by atoms with Crippen molar-refractivity contribution in [2.45, 2.75) is 44.9 Å². The average molecular weight is 268 g/mol. The highest BCUT2D eigenvalue weighted by Crippen LogP contribution is 2.27. The Morgan fingerprint density at radius 1 is 1.22 bits per heavy atom. The van der Waals surface area contributed by atoms with E-state index in [9.17, 15) is 0 Å². The van der Waals surface area contributed by atoms with Gasteiger partial charge >= 0.3 is 0 Å². The smallest absolute Gasteiger partial charge is 0.132 e. The SMILES string of the molecule is CC(C)c1cc(N2CCC(C(C)Cl)CC2)ncn1. The minimum atomic E-state index is 0.281. The van der Waals surface area contributed by atoms with Crippen molar-refractivity contribution >= 4 is 17.4 Å². The fourth-order valence-electron chi connectivity index (χ4n) is 2.44. The zero-order chi connectivity index (χ0) is 13.1. The summed E-state index contributed by atoms with van der Waals surface area (Å²) in [4.78, 5) is 11.1. The minimum absolute atomic E-state index is 0.281. The summed E-state index contributed by atoms with van der Waals surface area (Å²) in [6.07, 6.45) is 4.00. The Morgan fingerprint density at radius 2 is 1.89 bits per heavy atom. The van der Waals surface area contributed by atoms with Gasteiger partial charge in [0.25, 0.3) is 0 Å². The van der Waals surface area contributed by atoms with Gasteiger partial charge in [0.1, 0.15) is 12.1 Å². The van der Waals surface area contributed by atoms with Gasteiger partial charge in [-0.2, -0.15) is 0 Å². The molecule has 2 rings (SSSR count). The van der Waals surface area contributed by atoms with Crippen LogP contribution in [0.4, 0.5) is 5.82 Å². The van der Waals surface area contributed by atoms with Crippen molar-refractivity contribution in [3.63, 3.8) is 0 Å². The van der Waals surface area contributed by atoms with Gasteiger partial charge in [-0.15, -0.1) is 11.6 Å². The first-order chi connectivity index (χ1) is 8.58. The van der Waals surface area contributed by atoms with Crippen LogP contribution >= 0.6 is 11.6 Å². The molecule has 0 saturated carbocycles. The Balaban J connectivity index is 2.03. The predicted molar refractivity (Wildman–Crippen MR) is 76.4 cm³/mol. The molecule has 1 saturated heterocycles. The van der Waals surface area contributed by atoms with Crippen LogP contribution in [-0.2, 0) is 0 Å². The summed E-state index contributed by atoms with van der Waals surface area (Å²) < 4.78 is 0. The summed E-state index contributed by atoms with van der Waals surface area (Å²) in [6.45, 7) is 8.52. The Labute approximate surface area is 115 Å². The van der Waals surface area contributed by atoms with Crippen LogP contribution < -0.4 is 4.90 Å². The maximum Gasteiger partial charge on any atom is 0.132 e. The molecule has 0 radical (unpaired) electrons. The number of nitrogens with zero attached hydrogens (tertiary/aromatic N) is 3. The lowest BCUT2D eigenvalue weighted by molar-refractivity contribution is 0.398. The molecule has 18 heavy (non-hydrogen) atoms. The predicted octanol–water partition coefficient (Wildman–Crippen LogP) is 3.44. The second kappa shape index (κ2) is 5.87. The first kappa shape index (κ1) is 13.6. The van der Waals surface area contributed by atoms with Crippen LogP contribution in [0.1, 0.15) is 45.2 Å². The van der Waals surface area contributed by atoms with Gasteiger partial charge in [-0.3, -0.25) is 0 Å². The molecule has 2 heterocycles. The summed E-state index contributed by atoms with van der Waals surface area (Å²) in [6, 6.07) is 2.12. The molecule has 1 fully saturated rings. The number of aromatic nitrogens is 2. The molecule has 3 nitrogen and oxygen atoms in total. The molecule has 0 aromatic carbocycles. The fraction of sp³-hybridized carbons (Fsp3) is 0.714. The topological polar surface area (TPSA) is 29.0 Å². The third kappa shape index (κ3) is 3.14. The lowest BCUT2D eigenvalue weighted by Crippen LogP contribution is -2.36. The van der Waals surface area contributed by atoms with E-state index in [0.29, 0.717) is 11.8 Å². The van der Waals surface area contributed by atoms with Crippen molar-refractivity contribution in [1.82, 2.24) is 9.97 Å². The van der Waals surface area contributed by atoms with Crippen LogP contribution in [0.5, 0.6) is 0 Å². The zero-order valence-electron chi connectivity index (χ0n) is 11.4. The third-order valence-electron chi connectivity index (χ3n) is 3.78. The van der Waals surface area contributed by atoms with E-state index in [1.54, 1.807) is 6.33 Å². The highest BCUT2D eigenvalue weighted by Gasteiger charge is 2.23. The molecule has 100 valence electrons. The lowest BCUT2D eigenvalue weighted by Gasteiger charge is -2.34. The van der Waals surface area contributed by atoms with Crippen molar-refractivity contribution in [3.8, 4) is 0 Å². The maximum atomic E-state index is 6.17. The van der Waals surface area contributed by atoms with Crippen LogP contribution in [0.15, 0.2) is 12.4 Å². The molecule has 1 aliphatic rings. The van der Waals surface area contributed by atoms with E-state index in [2.05, 4.69) is 41.7 Å². The summed E-state index contributed by atoms with van der Waals surface area (Å²) in [5.41, 5.74) is 1.12. The molecule has 1 unspecified atom stereocenters. The molecule has 1 aromatic heterocycles. The largest absolute Gasteiger partial charge is 0.356 e. The highest BCUT2D eigenvalue weighted by atomic mass is 35.5. The number of hydrogen-bond donors (Lipinski definition) is 0. The van der Waals surface area contributed by atoms with E-state index in [-0.39, 0.29) is 5.38 Å². The van der Waals surface area contributed by atoms with Gasteiger partial charge in [-0.05, 0) is 31.6 Å². The third-order valence-corrected chi connectivity index (χ3v) is 4.13. The second-order valence-electron chi connectivity index (χ2n) is 5.46. The standard InChI is InChI=1S/C14H22ClN3/c1-10(2)13-8-14(17-9-16-13)18-6-4-12(5-7-18)11(3)15/h8-12H,4-7H2,1-3H3. The van der Waals surface area contributed by atoms with Gasteiger partial charge in [0, 0.05) is 30.2 Å². The maximum absolute atomic E-state index is 6.17. The summed E-state index contributed by atoms with van der Waals surface area (Å²) in [5.74, 6) is 2.16. The van der Waals surface area contributed by atoms with Gasteiger partial charge in [0.2, 0.25) is 0 Å². The second-order valence-corrected chi connectivity index (χ2v) is 6.15. The van der Waals surface area contributed by atoms with Crippen molar-refractivity contribution in [2.24, 2.45) is 5.92 Å². The number of halogens is 1. The Morgan fingerprint density at radius 3 is 2.44 bits per heavy atom. The summed E-state index contributed by atoms with van der Waals surface area (Å²) >= 11 is 6.17. The van der Waals surface area contributed by atoms with Crippen molar-refractivity contribution in [3.05, 3.63) is 18.1 Å². The summed E-state index contributed by atoms with van der Waals surface area (Å²) in [5, 5.41) is 0.281. The first-order valence-corrected chi connectivity index (χ1v) is 7.22. The Bertz CT molecular complexity index is 384. The lowest BCUT2D eigenvalue weighted by atomic mass is 9.94. The zero-order valence-corrected chi connectivity index (χ0v) is 12.2. The molecule has 0 amide bonds. The molecular weight excluding hydrogens is 246 g/mol. The van der Waals surface area contributed by atoms with E-state index in [0.717, 1.165) is 37.4 Å². The van der Waals surface area contributed by atoms with Crippen LogP contribution in [0.2, 0.25) is 0 Å². The Kier molecular flexibility index (Phi) is 4.44. The average Bonchev–Trinajstić information content (AvgIpc) is 2.39. The van der Waals surface area contributed by atoms with E-state index in [1.807, 2.05) is 0 Å². The molecule has 1 atom stereocenters. The number of rotatable bonds is 3. The quantitative estimate of drug-likeness (QED) is 0.786. The number of piperidine rings is 1. The van der Waals surface area contributed by atoms with Crippen molar-refractivity contribution in [1.29, 1.82) is 0 Å². The van der Waals surface area contributed by atoms with Gasteiger partial charge in [0.05, 0.1) is 0 Å². The minimum Gasteiger partial charge on any atom is -0.356 e. The van der Waals surface area contributed by atoms with Crippen molar-refractivity contribution < 1.29 is 0 Å². The number of anilines is 1. The molecule has 1 aromatic rings. The molecular formula is C14H22ClN3. The molecule has 0 bridgehead atoms.